The van der Waals surface area contributed by atoms with Gasteiger partial charge in [-0.3, -0.25) is 0 Å². The van der Waals surface area contributed by atoms with Gasteiger partial charge in [0, 0.05) is 22.7 Å². The summed E-state index contributed by atoms with van der Waals surface area (Å²) in [5, 5.41) is 0. The van der Waals surface area contributed by atoms with Crippen LogP contribution in [-0.2, 0) is 10.8 Å². The van der Waals surface area contributed by atoms with Crippen LogP contribution in [0.2, 0.25) is 0 Å². The van der Waals surface area contributed by atoms with Gasteiger partial charge in [-0.1, -0.05) is 60.8 Å². The summed E-state index contributed by atoms with van der Waals surface area (Å²) >= 11 is 0. The summed E-state index contributed by atoms with van der Waals surface area (Å²) in [5.74, 6) is 1.16. The van der Waals surface area contributed by atoms with Crippen molar-refractivity contribution in [2.45, 2.75) is 90.9 Å². The number of H-pyrrole nitrogens is 1. The van der Waals surface area contributed by atoms with Crippen molar-refractivity contribution in [3.05, 3.63) is 17.7 Å². The van der Waals surface area contributed by atoms with Crippen LogP contribution in [0.1, 0.15) is 91.6 Å². The van der Waals surface area contributed by atoms with E-state index in [2.05, 4.69) is 57.7 Å². The molecule has 0 aliphatic rings. The van der Waals surface area contributed by atoms with Gasteiger partial charge in [-0.2, -0.15) is 0 Å². The van der Waals surface area contributed by atoms with Crippen molar-refractivity contribution in [1.82, 2.24) is 9.97 Å². The van der Waals surface area contributed by atoms with E-state index in [9.17, 15) is 0 Å². The van der Waals surface area contributed by atoms with Gasteiger partial charge in [0.15, 0.2) is 0 Å². The Morgan fingerprint density at radius 1 is 1.05 bits per heavy atom. The molecule has 0 saturated carbocycles. The molecule has 110 valence electrons. The van der Waals surface area contributed by atoms with Gasteiger partial charge < -0.3 is 4.98 Å². The summed E-state index contributed by atoms with van der Waals surface area (Å²) in [6.07, 6.45) is 9.47. The van der Waals surface area contributed by atoms with Crippen LogP contribution in [0.5, 0.6) is 0 Å². The Balaban J connectivity index is 2.83. The maximum Gasteiger partial charge on any atom is 0.111 e. The molecule has 0 amide bonds. The Bertz CT molecular complexity index is 372. The number of unbranched alkanes of at least 4 members (excludes halogenated alkanes) is 2. The molecule has 0 unspecified atom stereocenters. The molecular weight excluding hydrogens is 232 g/mol. The van der Waals surface area contributed by atoms with Gasteiger partial charge in [0.2, 0.25) is 0 Å². The van der Waals surface area contributed by atoms with E-state index in [0.29, 0.717) is 0 Å². The number of hydrogen-bond acceptors (Lipinski definition) is 1. The molecule has 0 radical (unpaired) electrons. The molecule has 0 spiro atoms. The molecule has 19 heavy (non-hydrogen) atoms. The highest BCUT2D eigenvalue weighted by molar-refractivity contribution is 5.17. The maximum absolute atomic E-state index is 4.67. The first-order chi connectivity index (χ1) is 8.89. The molecule has 0 aliphatic carbocycles. The Morgan fingerprint density at radius 3 is 2.21 bits per heavy atom. The van der Waals surface area contributed by atoms with Crippen molar-refractivity contribution in [1.29, 1.82) is 0 Å². The Hall–Kier alpha value is -0.790. The second kappa shape index (κ2) is 6.58. The molecule has 1 heterocycles. The van der Waals surface area contributed by atoms with Gasteiger partial charge in [0.25, 0.3) is 0 Å². The fourth-order valence-electron chi connectivity index (χ4n) is 2.54. The smallest absolute Gasteiger partial charge is 0.111 e. The first-order valence-corrected chi connectivity index (χ1v) is 7.95. The van der Waals surface area contributed by atoms with E-state index >= 15 is 0 Å². The van der Waals surface area contributed by atoms with E-state index in [1.54, 1.807) is 0 Å². The summed E-state index contributed by atoms with van der Waals surface area (Å²) in [4.78, 5) is 8.28. The Labute approximate surface area is 119 Å². The summed E-state index contributed by atoms with van der Waals surface area (Å²) in [6, 6.07) is 0. The van der Waals surface area contributed by atoms with Crippen LogP contribution >= 0.6 is 0 Å². The molecule has 2 nitrogen and oxygen atoms in total. The van der Waals surface area contributed by atoms with Crippen LogP contribution in [0.4, 0.5) is 0 Å². The lowest BCUT2D eigenvalue weighted by Crippen LogP contribution is -2.22. The first kappa shape index (κ1) is 16.3. The fraction of sp³-hybridized carbons (Fsp3) is 0.824. The second-order valence-electron chi connectivity index (χ2n) is 6.75. The highest BCUT2D eigenvalue weighted by atomic mass is 14.9. The zero-order chi connectivity index (χ0) is 14.5. The number of aromatic amines is 1. The molecule has 2 heteroatoms. The molecule has 0 aromatic carbocycles. The van der Waals surface area contributed by atoms with E-state index in [-0.39, 0.29) is 10.8 Å². The third kappa shape index (κ3) is 3.84. The maximum atomic E-state index is 4.67. The predicted molar refractivity (Wildman–Crippen MR) is 83.7 cm³/mol. The molecule has 0 fully saturated rings. The number of nitrogens with zero attached hydrogens (tertiary/aromatic N) is 1. The Kier molecular flexibility index (Phi) is 5.64. The highest BCUT2D eigenvalue weighted by Crippen LogP contribution is 2.33. The van der Waals surface area contributed by atoms with Gasteiger partial charge in [-0.25, -0.2) is 4.98 Å². The van der Waals surface area contributed by atoms with Gasteiger partial charge in [0.05, 0.1) is 0 Å². The van der Waals surface area contributed by atoms with E-state index in [1.807, 2.05) is 0 Å². The first-order valence-electron chi connectivity index (χ1n) is 7.95. The van der Waals surface area contributed by atoms with Crippen molar-refractivity contribution in [3.8, 4) is 0 Å². The molecule has 0 atom stereocenters. The van der Waals surface area contributed by atoms with Crippen LogP contribution in [0, 0.1) is 0 Å². The lowest BCUT2D eigenvalue weighted by atomic mass is 9.82. The SMILES string of the molecule is CCCCCC(C)(C)c1ncc(C(C)(CC)CC)[nH]1. The Morgan fingerprint density at radius 2 is 1.68 bits per heavy atom. The van der Waals surface area contributed by atoms with Crippen LogP contribution in [0.3, 0.4) is 0 Å². The lowest BCUT2D eigenvalue weighted by Gasteiger charge is -2.26. The topological polar surface area (TPSA) is 28.7 Å². The molecule has 1 aromatic rings. The van der Waals surface area contributed by atoms with Gasteiger partial charge in [-0.15, -0.1) is 0 Å². The normalized spacial score (nSPS) is 12.9. The number of hydrogen-bond donors (Lipinski definition) is 1. The van der Waals surface area contributed by atoms with E-state index in [0.717, 1.165) is 18.7 Å². The van der Waals surface area contributed by atoms with Crippen LogP contribution in [0.15, 0.2) is 6.20 Å². The molecule has 0 bridgehead atoms. The molecule has 1 aromatic heterocycles. The van der Waals surface area contributed by atoms with Crippen molar-refractivity contribution < 1.29 is 0 Å². The van der Waals surface area contributed by atoms with Gasteiger partial charge >= 0.3 is 0 Å². The van der Waals surface area contributed by atoms with Gasteiger partial charge in [-0.05, 0) is 19.3 Å². The minimum atomic E-state index is 0.163. The van der Waals surface area contributed by atoms with Crippen molar-refractivity contribution in [2.75, 3.05) is 0 Å². The average Bonchev–Trinajstić information content (AvgIpc) is 2.89. The summed E-state index contributed by atoms with van der Waals surface area (Å²) in [7, 11) is 0. The van der Waals surface area contributed by atoms with Crippen LogP contribution in [0.25, 0.3) is 0 Å². The molecular formula is C17H32N2. The second-order valence-corrected chi connectivity index (χ2v) is 6.75. The van der Waals surface area contributed by atoms with Crippen molar-refractivity contribution in [3.63, 3.8) is 0 Å². The largest absolute Gasteiger partial charge is 0.345 e. The summed E-state index contributed by atoms with van der Waals surface area (Å²) in [6.45, 7) is 13.7. The molecule has 1 N–H and O–H groups in total. The van der Waals surface area contributed by atoms with Crippen molar-refractivity contribution in [2.24, 2.45) is 0 Å². The van der Waals surface area contributed by atoms with E-state index < -0.39 is 0 Å². The number of rotatable bonds is 8. The zero-order valence-corrected chi connectivity index (χ0v) is 13.8. The predicted octanol–water partition coefficient (Wildman–Crippen LogP) is 5.35. The van der Waals surface area contributed by atoms with Gasteiger partial charge in [0.1, 0.15) is 5.82 Å². The molecule has 1 rings (SSSR count). The third-order valence-electron chi connectivity index (χ3n) is 4.83. The van der Waals surface area contributed by atoms with Crippen LogP contribution in [-0.4, -0.2) is 9.97 Å². The molecule has 0 saturated heterocycles. The zero-order valence-electron chi connectivity index (χ0n) is 13.8. The van der Waals surface area contributed by atoms with E-state index in [4.69, 9.17) is 0 Å². The summed E-state index contributed by atoms with van der Waals surface area (Å²) < 4.78 is 0. The number of nitrogens with one attached hydrogen (secondary N) is 1. The van der Waals surface area contributed by atoms with E-state index in [1.165, 1.54) is 31.4 Å². The minimum Gasteiger partial charge on any atom is -0.345 e. The quantitative estimate of drug-likeness (QED) is 0.630. The highest BCUT2D eigenvalue weighted by Gasteiger charge is 2.28. The van der Waals surface area contributed by atoms with Crippen LogP contribution < -0.4 is 0 Å². The monoisotopic (exact) mass is 264 g/mol. The number of imidazole rings is 1. The third-order valence-corrected chi connectivity index (χ3v) is 4.83. The number of aromatic nitrogens is 2. The standard InChI is InChI=1S/C17H32N2/c1-7-10-11-12-16(4,5)15-18-13-14(19-15)17(6,8-2)9-3/h13H,7-12H2,1-6H3,(H,18,19). The molecule has 0 aliphatic heterocycles. The average molecular weight is 264 g/mol. The minimum absolute atomic E-state index is 0.163. The lowest BCUT2D eigenvalue weighted by molar-refractivity contribution is 0.411. The summed E-state index contributed by atoms with van der Waals surface area (Å²) in [5.41, 5.74) is 1.71. The van der Waals surface area contributed by atoms with Crippen molar-refractivity contribution >= 4 is 0 Å². The fourth-order valence-corrected chi connectivity index (χ4v) is 2.54.